The number of thioether (sulfide) groups is 1. The lowest BCUT2D eigenvalue weighted by Crippen LogP contribution is -2.33. The molecule has 5 aromatic carbocycles. The number of amides is 1. The van der Waals surface area contributed by atoms with Gasteiger partial charge >= 0.3 is 12.1 Å². The van der Waals surface area contributed by atoms with Crippen molar-refractivity contribution in [3.8, 4) is 22.5 Å². The Balaban J connectivity index is 1.31. The van der Waals surface area contributed by atoms with Crippen LogP contribution in [0.4, 0.5) is 39.4 Å². The van der Waals surface area contributed by atoms with Gasteiger partial charge in [-0.2, -0.15) is 4.58 Å². The molecule has 1 heterocycles. The van der Waals surface area contributed by atoms with Gasteiger partial charge in [0.1, 0.15) is 31.1 Å². The summed E-state index contributed by atoms with van der Waals surface area (Å²) >= 11 is 0.174. The molecule has 0 unspecified atom stereocenters. The van der Waals surface area contributed by atoms with E-state index in [0.717, 1.165) is 59.7 Å². The molecule has 2 aliphatic rings. The molecule has 0 aromatic heterocycles. The fraction of sp³-hybridized carbons (Fsp3) is 0.381. The van der Waals surface area contributed by atoms with Crippen molar-refractivity contribution in [1.82, 2.24) is 14.0 Å². The predicted octanol–water partition coefficient (Wildman–Crippen LogP) is 14.5. The zero-order chi connectivity index (χ0) is 60.6. The number of aryl methyl sites for hydroxylation is 1. The SMILES string of the molecule is CCCc1cccc(C(C)C)c1N(CCC)c1ccc2c(-c3ccccc3S(=O)(=O)NS(=O)(=O)c3c(F)c(F)c(SCCOC(=O)NCCOC(=O)C(C)(C)CC)c(F)c3F)c3cc/c(=[N+](/CCC)c4ccccc4C(C)C)cc-3oc2c1. The molecule has 0 bridgehead atoms. The smallest absolute Gasteiger partial charge is 0.407 e. The molecule has 83 heavy (non-hydrogen) atoms. The molecule has 444 valence electrons. The third-order valence-electron chi connectivity index (χ3n) is 14.3. The Hall–Kier alpha value is -6.74. The van der Waals surface area contributed by atoms with Crippen molar-refractivity contribution in [2.24, 2.45) is 5.41 Å². The molecule has 1 aliphatic carbocycles. The third-order valence-corrected chi connectivity index (χ3v) is 18.9. The number of fused-ring (bicyclic) bond motifs is 2. The van der Waals surface area contributed by atoms with Gasteiger partial charge in [0.25, 0.3) is 20.0 Å². The topological polar surface area (TPSA) is 164 Å². The summed E-state index contributed by atoms with van der Waals surface area (Å²) in [6.07, 6.45) is 2.86. The van der Waals surface area contributed by atoms with Crippen molar-refractivity contribution in [1.29, 1.82) is 0 Å². The van der Waals surface area contributed by atoms with Gasteiger partial charge in [-0.05, 0) is 80.3 Å². The van der Waals surface area contributed by atoms with Crippen LogP contribution < -0.4 is 24.3 Å². The van der Waals surface area contributed by atoms with Gasteiger partial charge in [-0.3, -0.25) is 4.79 Å². The van der Waals surface area contributed by atoms with Crippen LogP contribution >= 0.6 is 11.8 Å². The maximum Gasteiger partial charge on any atom is 0.407 e. The van der Waals surface area contributed by atoms with E-state index < -0.39 is 87.8 Å². The van der Waals surface area contributed by atoms with Crippen LogP contribution in [0.1, 0.15) is 123 Å². The molecule has 0 radical (unpaired) electrons. The van der Waals surface area contributed by atoms with E-state index in [2.05, 4.69) is 93.6 Å². The fourth-order valence-electron chi connectivity index (χ4n) is 9.86. The molecular formula is C63H73F4N4O9S3+. The van der Waals surface area contributed by atoms with E-state index in [1.165, 1.54) is 27.4 Å². The Morgan fingerprint density at radius 2 is 1.40 bits per heavy atom. The molecule has 1 amide bonds. The van der Waals surface area contributed by atoms with Crippen LogP contribution in [0.3, 0.4) is 0 Å². The van der Waals surface area contributed by atoms with Gasteiger partial charge in [0.05, 0.1) is 27.8 Å². The number of alkyl carbamates (subject to hydrolysis) is 1. The summed E-state index contributed by atoms with van der Waals surface area (Å²) in [4.78, 5) is 22.5. The lowest BCUT2D eigenvalue weighted by Gasteiger charge is -2.31. The summed E-state index contributed by atoms with van der Waals surface area (Å²) in [6, 6.07) is 31.2. The van der Waals surface area contributed by atoms with Crippen LogP contribution in [-0.4, -0.2) is 67.5 Å². The van der Waals surface area contributed by atoms with Crippen molar-refractivity contribution in [2.45, 2.75) is 128 Å². The number of anilines is 2. The van der Waals surface area contributed by atoms with E-state index in [1.54, 1.807) is 26.0 Å². The summed E-state index contributed by atoms with van der Waals surface area (Å²) in [5.74, 6) is -9.25. The number of nitrogens with one attached hydrogen (secondary N) is 2. The number of rotatable bonds is 25. The second-order valence-corrected chi connectivity index (χ2v) is 26.0. The highest BCUT2D eigenvalue weighted by atomic mass is 32.3. The average Bonchev–Trinajstić information content (AvgIpc) is 3.65. The lowest BCUT2D eigenvalue weighted by molar-refractivity contribution is -0.153. The molecule has 0 saturated carbocycles. The quantitative estimate of drug-likeness (QED) is 0.0106. The normalized spacial score (nSPS) is 12.6. The van der Waals surface area contributed by atoms with Gasteiger partial charge in [-0.1, -0.05) is 116 Å². The number of carbonyl (C=O) groups excluding carboxylic acids is 2. The van der Waals surface area contributed by atoms with Crippen molar-refractivity contribution < 1.29 is 57.9 Å². The highest BCUT2D eigenvalue weighted by Gasteiger charge is 2.38. The molecule has 5 aromatic rings. The van der Waals surface area contributed by atoms with Gasteiger partial charge in [-0.25, -0.2) is 39.2 Å². The molecule has 20 heteroatoms. The van der Waals surface area contributed by atoms with Gasteiger partial charge < -0.3 is 24.1 Å². The van der Waals surface area contributed by atoms with E-state index in [4.69, 9.17) is 13.9 Å². The minimum Gasteiger partial charge on any atom is -0.463 e. The number of nitrogens with zero attached hydrogens (tertiary/aromatic N) is 2. The number of hydrogen-bond acceptors (Lipinski definition) is 11. The van der Waals surface area contributed by atoms with Gasteiger partial charge in [0.2, 0.25) is 11.0 Å². The molecule has 7 rings (SSSR count). The monoisotopic (exact) mass is 1200 g/mol. The van der Waals surface area contributed by atoms with Crippen LogP contribution in [0.2, 0.25) is 0 Å². The number of para-hydroxylation sites is 2. The first-order valence-corrected chi connectivity index (χ1v) is 31.9. The second-order valence-electron chi connectivity index (χ2n) is 21.4. The van der Waals surface area contributed by atoms with E-state index >= 15 is 17.6 Å². The minimum absolute atomic E-state index is 0.0294. The first kappa shape index (κ1) is 63.8. The molecule has 0 saturated heterocycles. The zero-order valence-corrected chi connectivity index (χ0v) is 51.0. The van der Waals surface area contributed by atoms with Crippen molar-refractivity contribution in [3.63, 3.8) is 0 Å². The average molecular weight is 1200 g/mol. The zero-order valence-electron chi connectivity index (χ0n) is 48.6. The highest BCUT2D eigenvalue weighted by molar-refractivity contribution is 8.04. The number of sulfonamides is 2. The number of hydrogen-bond donors (Lipinski definition) is 2. The van der Waals surface area contributed by atoms with Gasteiger partial charge in [0.15, 0.2) is 28.2 Å². The number of carbonyl (C=O) groups is 2. The first-order chi connectivity index (χ1) is 39.4. The van der Waals surface area contributed by atoms with E-state index in [0.29, 0.717) is 47.4 Å². The van der Waals surface area contributed by atoms with E-state index in [-0.39, 0.29) is 42.3 Å². The van der Waals surface area contributed by atoms with Gasteiger partial charge in [-0.15, -0.1) is 15.9 Å². The van der Waals surface area contributed by atoms with Crippen molar-refractivity contribution in [3.05, 3.63) is 148 Å². The van der Waals surface area contributed by atoms with Crippen LogP contribution in [-0.2, 0) is 40.7 Å². The van der Waals surface area contributed by atoms with E-state index in [1.807, 2.05) is 49.4 Å². The van der Waals surface area contributed by atoms with Crippen molar-refractivity contribution >= 4 is 71.9 Å². The molecule has 13 nitrogen and oxygen atoms in total. The molecular weight excluding hydrogens is 1130 g/mol. The Bertz CT molecular complexity index is 3760. The Morgan fingerprint density at radius 1 is 0.723 bits per heavy atom. The number of benzene rings is 6. The first-order valence-electron chi connectivity index (χ1n) is 28.0. The molecule has 0 fully saturated rings. The summed E-state index contributed by atoms with van der Waals surface area (Å²) in [5, 5.41) is 3.54. The Morgan fingerprint density at radius 3 is 2.06 bits per heavy atom. The summed E-state index contributed by atoms with van der Waals surface area (Å²) in [6.45, 7) is 20.6. The van der Waals surface area contributed by atoms with Crippen LogP contribution in [0.25, 0.3) is 33.4 Å². The van der Waals surface area contributed by atoms with E-state index in [9.17, 15) is 26.4 Å². The molecule has 1 aliphatic heterocycles. The van der Waals surface area contributed by atoms with Crippen LogP contribution in [0, 0.1) is 28.7 Å². The minimum atomic E-state index is -5.97. The maximum atomic E-state index is 16.0. The Labute approximate surface area is 488 Å². The number of ether oxygens (including phenoxy) is 2. The number of esters is 1. The highest BCUT2D eigenvalue weighted by Crippen LogP contribution is 2.45. The molecule has 0 spiro atoms. The summed E-state index contributed by atoms with van der Waals surface area (Å²) in [5.41, 5.74) is 6.71. The summed E-state index contributed by atoms with van der Waals surface area (Å²) in [7, 11) is -11.4. The van der Waals surface area contributed by atoms with Crippen LogP contribution in [0.5, 0.6) is 0 Å². The molecule has 2 N–H and O–H groups in total. The summed E-state index contributed by atoms with van der Waals surface area (Å²) < 4.78 is 141. The Kier molecular flexibility index (Phi) is 21.0. The standard InChI is InChI=1S/C63H72F4N4O9S3/c1-11-20-41-21-19-24-45(40(7)8)58(41)71(33-13-3)43-28-30-47-51(38-43)80-50-37-42(70(32-12-2)49-25-17-15-22-44(49)39(5)6)27-29-46(50)53(47)48-23-16-18-26-52(48)82(74,75)69-83(76,77)60-56(66)54(64)59(55(65)57(60)67)81-36-35-79-62(73)68-31-34-78-61(72)63(9,10)14-4/h15-19,21-30,37-40,69H,11-14,20,31-36H2,1-10H3/p+1. The van der Waals surface area contributed by atoms with Crippen molar-refractivity contribution in [2.75, 3.05) is 43.5 Å². The largest absolute Gasteiger partial charge is 0.463 e. The van der Waals surface area contributed by atoms with Crippen LogP contribution in [0.15, 0.2) is 122 Å². The third kappa shape index (κ3) is 14.1. The fourth-order valence-corrected chi connectivity index (χ4v) is 13.9. The second kappa shape index (κ2) is 27.3. The molecule has 0 atom stereocenters. The number of halogens is 4. The maximum absolute atomic E-state index is 16.0. The lowest BCUT2D eigenvalue weighted by atomic mass is 9.91. The predicted molar refractivity (Wildman–Crippen MR) is 320 cm³/mol. The van der Waals surface area contributed by atoms with Gasteiger partial charge in [0, 0.05) is 75.9 Å².